The zero-order chi connectivity index (χ0) is 34.8. The van der Waals surface area contributed by atoms with Gasteiger partial charge in [-0.05, 0) is 87.2 Å². The molecule has 0 aromatic heterocycles. The number of morpholine rings is 1. The molecule has 0 saturated carbocycles. The number of hydrogen-bond donors (Lipinski definition) is 4. The van der Waals surface area contributed by atoms with Gasteiger partial charge in [0.1, 0.15) is 5.60 Å². The molecular weight excluding hydrogens is 618 g/mol. The summed E-state index contributed by atoms with van der Waals surface area (Å²) in [6.07, 6.45) is 0.961. The number of carbonyl (C=O) groups excluding carboxylic acids is 2. The van der Waals surface area contributed by atoms with Crippen molar-refractivity contribution in [3.8, 4) is 0 Å². The summed E-state index contributed by atoms with van der Waals surface area (Å²) in [6, 6.07) is 24.6. The summed E-state index contributed by atoms with van der Waals surface area (Å²) in [6.45, 7) is 9.99. The highest BCUT2D eigenvalue weighted by Gasteiger charge is 2.35. The quantitative estimate of drug-likeness (QED) is 0.195. The van der Waals surface area contributed by atoms with Crippen LogP contribution in [0, 0.1) is 5.92 Å². The normalized spacial score (nSPS) is 19.8. The van der Waals surface area contributed by atoms with E-state index < -0.39 is 41.9 Å². The molecule has 2 amide bonds. The Labute approximate surface area is 291 Å². The van der Waals surface area contributed by atoms with Gasteiger partial charge in [0.25, 0.3) is 0 Å². The standard InChI is InChI=1S/C40H53N3O6/c1-40(2,3)49-39(47)41-34(25-29-10-5-4-6-11-29)35(44)27-32(38(46)42-37-33-14-8-7-13-31(33)26-36(37)45)24-30-17-15-28(16-18-30)12-9-19-43-20-22-48-23-21-43/h4-8,10-11,13-18,32,34-37,44-45H,9,12,19-27H2,1-3H3,(H,41,47)(H,42,46)/t32?,34?,35?,36-,37-/m0/s1. The van der Waals surface area contributed by atoms with Gasteiger partial charge in [-0.15, -0.1) is 0 Å². The summed E-state index contributed by atoms with van der Waals surface area (Å²) < 4.78 is 11.0. The lowest BCUT2D eigenvalue weighted by molar-refractivity contribution is -0.127. The molecule has 49 heavy (non-hydrogen) atoms. The molecule has 264 valence electrons. The molecular formula is C40H53N3O6. The maximum absolute atomic E-state index is 14.1. The number of benzene rings is 3. The summed E-state index contributed by atoms with van der Waals surface area (Å²) in [4.78, 5) is 29.4. The van der Waals surface area contributed by atoms with E-state index in [9.17, 15) is 19.8 Å². The van der Waals surface area contributed by atoms with Crippen LogP contribution >= 0.6 is 0 Å². The highest BCUT2D eigenvalue weighted by Crippen LogP contribution is 2.32. The van der Waals surface area contributed by atoms with Crippen molar-refractivity contribution in [1.29, 1.82) is 0 Å². The third kappa shape index (κ3) is 11.1. The molecule has 1 heterocycles. The molecule has 5 rings (SSSR count). The molecule has 3 unspecified atom stereocenters. The van der Waals surface area contributed by atoms with E-state index in [-0.39, 0.29) is 12.3 Å². The Morgan fingerprint density at radius 2 is 1.57 bits per heavy atom. The third-order valence-corrected chi connectivity index (χ3v) is 9.41. The average Bonchev–Trinajstić information content (AvgIpc) is 3.39. The van der Waals surface area contributed by atoms with E-state index in [1.165, 1.54) is 5.56 Å². The number of amides is 2. The van der Waals surface area contributed by atoms with E-state index in [1.54, 1.807) is 20.8 Å². The lowest BCUT2D eigenvalue weighted by Gasteiger charge is -2.30. The van der Waals surface area contributed by atoms with Crippen LogP contribution < -0.4 is 10.6 Å². The van der Waals surface area contributed by atoms with Crippen LogP contribution in [0.5, 0.6) is 0 Å². The van der Waals surface area contributed by atoms with Gasteiger partial charge in [0, 0.05) is 25.4 Å². The molecule has 3 aromatic rings. The van der Waals surface area contributed by atoms with Gasteiger partial charge in [0.15, 0.2) is 0 Å². The average molecular weight is 672 g/mol. The zero-order valence-electron chi connectivity index (χ0n) is 29.1. The molecule has 1 fully saturated rings. The van der Waals surface area contributed by atoms with Crippen molar-refractivity contribution in [3.63, 3.8) is 0 Å². The molecule has 9 nitrogen and oxygen atoms in total. The molecule has 0 radical (unpaired) electrons. The minimum Gasteiger partial charge on any atom is -0.444 e. The highest BCUT2D eigenvalue weighted by molar-refractivity contribution is 5.80. The Balaban J connectivity index is 1.31. The van der Waals surface area contributed by atoms with Gasteiger partial charge in [0.05, 0.1) is 37.5 Å². The number of aliphatic hydroxyl groups excluding tert-OH is 2. The number of rotatable bonds is 14. The second kappa shape index (κ2) is 17.3. The van der Waals surface area contributed by atoms with Crippen LogP contribution in [-0.2, 0) is 40.0 Å². The highest BCUT2D eigenvalue weighted by atomic mass is 16.6. The number of aliphatic hydroxyl groups is 2. The van der Waals surface area contributed by atoms with Crippen LogP contribution in [0.3, 0.4) is 0 Å². The van der Waals surface area contributed by atoms with Gasteiger partial charge >= 0.3 is 6.09 Å². The smallest absolute Gasteiger partial charge is 0.407 e. The van der Waals surface area contributed by atoms with E-state index in [2.05, 4.69) is 39.8 Å². The Hall–Kier alpha value is -3.76. The number of nitrogens with one attached hydrogen (secondary N) is 2. The SMILES string of the molecule is CC(C)(C)OC(=O)NC(Cc1ccccc1)C(O)CC(Cc1ccc(CCCN2CCOCC2)cc1)C(=O)N[C@H]1c2ccccc2C[C@@H]1O. The molecule has 1 aliphatic carbocycles. The fourth-order valence-corrected chi connectivity index (χ4v) is 6.83. The molecule has 4 N–H and O–H groups in total. The first-order chi connectivity index (χ1) is 23.5. The molecule has 1 aliphatic heterocycles. The van der Waals surface area contributed by atoms with Crippen LogP contribution in [0.1, 0.15) is 67.5 Å². The van der Waals surface area contributed by atoms with Crippen LogP contribution in [0.4, 0.5) is 4.79 Å². The summed E-state index contributed by atoms with van der Waals surface area (Å²) >= 11 is 0. The van der Waals surface area contributed by atoms with Gasteiger partial charge in [-0.2, -0.15) is 0 Å². The number of aryl methyl sites for hydroxylation is 1. The predicted molar refractivity (Wildman–Crippen MR) is 190 cm³/mol. The van der Waals surface area contributed by atoms with Gasteiger partial charge in [-0.1, -0.05) is 78.9 Å². The lowest BCUT2D eigenvalue weighted by atomic mass is 9.88. The number of carbonyl (C=O) groups is 2. The first kappa shape index (κ1) is 36.5. The summed E-state index contributed by atoms with van der Waals surface area (Å²) in [7, 11) is 0. The number of nitrogens with zero attached hydrogens (tertiary/aromatic N) is 1. The number of ether oxygens (including phenoxy) is 2. The van der Waals surface area contributed by atoms with Crippen molar-refractivity contribution in [3.05, 3.63) is 107 Å². The topological polar surface area (TPSA) is 120 Å². The Morgan fingerprint density at radius 1 is 0.918 bits per heavy atom. The molecule has 3 aromatic carbocycles. The zero-order valence-corrected chi connectivity index (χ0v) is 29.1. The predicted octanol–water partition coefficient (Wildman–Crippen LogP) is 4.77. The fourth-order valence-electron chi connectivity index (χ4n) is 6.83. The van der Waals surface area contributed by atoms with Gasteiger partial charge in [0.2, 0.25) is 5.91 Å². The van der Waals surface area contributed by atoms with E-state index in [1.807, 2.05) is 54.6 Å². The van der Waals surface area contributed by atoms with Crippen molar-refractivity contribution in [2.45, 2.75) is 89.2 Å². The molecule has 0 bridgehead atoms. The van der Waals surface area contributed by atoms with Crippen LogP contribution in [0.15, 0.2) is 78.9 Å². The monoisotopic (exact) mass is 671 g/mol. The van der Waals surface area contributed by atoms with Crippen molar-refractivity contribution < 1.29 is 29.3 Å². The van der Waals surface area contributed by atoms with Crippen molar-refractivity contribution in [1.82, 2.24) is 15.5 Å². The first-order valence-corrected chi connectivity index (χ1v) is 17.7. The van der Waals surface area contributed by atoms with Crippen molar-refractivity contribution >= 4 is 12.0 Å². The Morgan fingerprint density at radius 3 is 2.29 bits per heavy atom. The maximum Gasteiger partial charge on any atom is 0.407 e. The summed E-state index contributed by atoms with van der Waals surface area (Å²) in [5.41, 5.74) is 4.40. The van der Waals surface area contributed by atoms with Crippen molar-refractivity contribution in [2.24, 2.45) is 5.92 Å². The van der Waals surface area contributed by atoms with Crippen LogP contribution in [0.2, 0.25) is 0 Å². The molecule has 5 atom stereocenters. The first-order valence-electron chi connectivity index (χ1n) is 17.7. The summed E-state index contributed by atoms with van der Waals surface area (Å²) in [5.74, 6) is -0.869. The van der Waals surface area contributed by atoms with E-state index in [0.717, 1.165) is 67.9 Å². The second-order valence-electron chi connectivity index (χ2n) is 14.5. The second-order valence-corrected chi connectivity index (χ2v) is 14.5. The molecule has 9 heteroatoms. The maximum atomic E-state index is 14.1. The van der Waals surface area contributed by atoms with E-state index in [0.29, 0.717) is 19.3 Å². The molecule has 2 aliphatic rings. The van der Waals surface area contributed by atoms with Crippen LogP contribution in [0.25, 0.3) is 0 Å². The third-order valence-electron chi connectivity index (χ3n) is 9.41. The summed E-state index contributed by atoms with van der Waals surface area (Å²) in [5, 5.41) is 28.6. The van der Waals surface area contributed by atoms with Crippen molar-refractivity contribution in [2.75, 3.05) is 32.8 Å². The largest absolute Gasteiger partial charge is 0.444 e. The fraction of sp³-hybridized carbons (Fsp3) is 0.500. The van der Waals surface area contributed by atoms with Gasteiger partial charge < -0.3 is 30.3 Å². The Kier molecular flexibility index (Phi) is 12.9. The molecule has 0 spiro atoms. The lowest BCUT2D eigenvalue weighted by Crippen LogP contribution is -2.48. The minimum absolute atomic E-state index is 0.102. The Bertz CT molecular complexity index is 1490. The van der Waals surface area contributed by atoms with Gasteiger partial charge in [-0.25, -0.2) is 4.79 Å². The van der Waals surface area contributed by atoms with E-state index in [4.69, 9.17) is 9.47 Å². The number of fused-ring (bicyclic) bond motifs is 1. The van der Waals surface area contributed by atoms with E-state index >= 15 is 0 Å². The molecule has 1 saturated heterocycles. The van der Waals surface area contributed by atoms with Gasteiger partial charge in [-0.3, -0.25) is 9.69 Å². The number of hydrogen-bond acceptors (Lipinski definition) is 7. The van der Waals surface area contributed by atoms with Crippen LogP contribution in [-0.4, -0.2) is 83.8 Å². The minimum atomic E-state index is -1.05. The number of alkyl carbamates (subject to hydrolysis) is 1.